The summed E-state index contributed by atoms with van der Waals surface area (Å²) in [5, 5.41) is 21.3. The summed E-state index contributed by atoms with van der Waals surface area (Å²) in [4.78, 5) is 22.7. The topological polar surface area (TPSA) is 101 Å². The number of anilines is 1. The van der Waals surface area contributed by atoms with Crippen LogP contribution in [-0.2, 0) is 0 Å². The van der Waals surface area contributed by atoms with Crippen LogP contribution in [0.5, 0.6) is 0 Å². The largest absolute Gasteiger partial charge is 0.304 e. The summed E-state index contributed by atoms with van der Waals surface area (Å²) in [6.07, 6.45) is 0. The molecule has 0 aliphatic carbocycles. The highest BCUT2D eigenvalue weighted by Gasteiger charge is 2.21. The number of aromatic nitrogens is 2. The van der Waals surface area contributed by atoms with Crippen LogP contribution in [0.1, 0.15) is 10.4 Å². The maximum atomic E-state index is 12.3. The monoisotopic (exact) mass is 316 g/mol. The van der Waals surface area contributed by atoms with Crippen molar-refractivity contribution in [2.45, 2.75) is 0 Å². The molecule has 1 heterocycles. The molecule has 0 saturated carbocycles. The molecule has 0 bridgehead atoms. The highest BCUT2D eigenvalue weighted by Crippen LogP contribution is 2.25. The number of carbonyl (C=O) groups is 1. The number of nitrogens with zero attached hydrogens (tertiary/aromatic N) is 2. The number of rotatable bonds is 3. The van der Waals surface area contributed by atoms with E-state index in [4.69, 9.17) is 11.6 Å². The van der Waals surface area contributed by atoms with Gasteiger partial charge in [0.2, 0.25) is 0 Å². The van der Waals surface area contributed by atoms with Gasteiger partial charge in [0.15, 0.2) is 5.82 Å². The normalized spacial score (nSPS) is 10.6. The fourth-order valence-electron chi connectivity index (χ4n) is 2.08. The molecule has 1 amide bonds. The first-order valence-corrected chi connectivity index (χ1v) is 6.62. The number of nitro groups is 1. The van der Waals surface area contributed by atoms with E-state index < -0.39 is 10.8 Å². The van der Waals surface area contributed by atoms with Gasteiger partial charge >= 0.3 is 0 Å². The van der Waals surface area contributed by atoms with Gasteiger partial charge in [0, 0.05) is 16.5 Å². The van der Waals surface area contributed by atoms with Gasteiger partial charge in [-0.1, -0.05) is 23.7 Å². The third-order valence-corrected chi connectivity index (χ3v) is 3.34. The second-order valence-electron chi connectivity index (χ2n) is 4.49. The number of halogens is 1. The van der Waals surface area contributed by atoms with Gasteiger partial charge in [0.25, 0.3) is 11.6 Å². The molecular weight excluding hydrogens is 308 g/mol. The van der Waals surface area contributed by atoms with Crippen LogP contribution in [-0.4, -0.2) is 21.0 Å². The number of carbonyl (C=O) groups excluding carboxylic acids is 1. The first-order valence-electron chi connectivity index (χ1n) is 6.24. The van der Waals surface area contributed by atoms with E-state index in [0.29, 0.717) is 11.2 Å². The summed E-state index contributed by atoms with van der Waals surface area (Å²) in [7, 11) is 0. The van der Waals surface area contributed by atoms with Crippen molar-refractivity contribution in [3.63, 3.8) is 0 Å². The molecular formula is C14H9ClN4O3. The summed E-state index contributed by atoms with van der Waals surface area (Å²) in [5.41, 5.74) is 0.315. The number of H-pyrrole nitrogens is 1. The molecule has 110 valence electrons. The van der Waals surface area contributed by atoms with Gasteiger partial charge in [-0.3, -0.25) is 20.0 Å². The Balaban J connectivity index is 1.97. The summed E-state index contributed by atoms with van der Waals surface area (Å²) in [6, 6.07) is 11.1. The standard InChI is InChI=1S/C14H9ClN4O3/c15-8-5-6-10(12(7-8)19(21)22)14(20)16-13-9-3-1-2-4-11(9)17-18-13/h1-7H,(H2,16,17,18,20). The Labute approximate surface area is 129 Å². The molecule has 0 aliphatic rings. The van der Waals surface area contributed by atoms with Gasteiger partial charge in [0.05, 0.1) is 10.4 Å². The lowest BCUT2D eigenvalue weighted by Crippen LogP contribution is -2.14. The van der Waals surface area contributed by atoms with Crippen LogP contribution in [0.25, 0.3) is 10.9 Å². The van der Waals surface area contributed by atoms with Crippen LogP contribution in [0, 0.1) is 10.1 Å². The molecule has 2 aromatic carbocycles. The highest BCUT2D eigenvalue weighted by atomic mass is 35.5. The Morgan fingerprint density at radius 2 is 2.05 bits per heavy atom. The minimum absolute atomic E-state index is 0.0820. The van der Waals surface area contributed by atoms with E-state index in [2.05, 4.69) is 15.5 Å². The van der Waals surface area contributed by atoms with E-state index in [-0.39, 0.29) is 16.3 Å². The molecule has 8 heteroatoms. The Bertz CT molecular complexity index is 891. The number of fused-ring (bicyclic) bond motifs is 1. The van der Waals surface area contributed by atoms with Gasteiger partial charge < -0.3 is 5.32 Å². The van der Waals surface area contributed by atoms with Crippen molar-refractivity contribution >= 4 is 39.9 Å². The van der Waals surface area contributed by atoms with Crippen LogP contribution in [0.4, 0.5) is 11.5 Å². The molecule has 3 aromatic rings. The number of amides is 1. The second kappa shape index (κ2) is 5.45. The Morgan fingerprint density at radius 3 is 2.82 bits per heavy atom. The van der Waals surface area contributed by atoms with Crippen LogP contribution in [0.15, 0.2) is 42.5 Å². The average molecular weight is 317 g/mol. The van der Waals surface area contributed by atoms with Crippen molar-refractivity contribution in [2.24, 2.45) is 0 Å². The molecule has 2 N–H and O–H groups in total. The maximum Gasteiger partial charge on any atom is 0.283 e. The molecule has 0 spiro atoms. The first kappa shape index (κ1) is 14.0. The molecule has 1 aromatic heterocycles. The Kier molecular flexibility index (Phi) is 3.48. The van der Waals surface area contributed by atoms with Gasteiger partial charge in [-0.15, -0.1) is 0 Å². The van der Waals surface area contributed by atoms with E-state index in [1.807, 2.05) is 12.1 Å². The predicted octanol–water partition coefficient (Wildman–Crippen LogP) is 3.38. The molecule has 7 nitrogen and oxygen atoms in total. The van der Waals surface area contributed by atoms with Crippen LogP contribution in [0.2, 0.25) is 5.02 Å². The summed E-state index contributed by atoms with van der Waals surface area (Å²) in [5.74, 6) is -0.314. The number of hydrogen-bond donors (Lipinski definition) is 2. The fraction of sp³-hybridized carbons (Fsp3) is 0. The zero-order valence-electron chi connectivity index (χ0n) is 11.0. The molecule has 0 radical (unpaired) electrons. The molecule has 0 saturated heterocycles. The van der Waals surface area contributed by atoms with Crippen molar-refractivity contribution in [2.75, 3.05) is 5.32 Å². The van der Waals surface area contributed by atoms with Gasteiger partial charge in [-0.05, 0) is 24.3 Å². The van der Waals surface area contributed by atoms with Gasteiger partial charge in [-0.25, -0.2) is 0 Å². The van der Waals surface area contributed by atoms with Gasteiger partial charge in [0.1, 0.15) is 5.56 Å². The first-order chi connectivity index (χ1) is 10.6. The molecule has 0 aliphatic heterocycles. The minimum atomic E-state index is -0.649. The number of benzene rings is 2. The van der Waals surface area contributed by atoms with Crippen LogP contribution >= 0.6 is 11.6 Å². The lowest BCUT2D eigenvalue weighted by Gasteiger charge is -2.04. The lowest BCUT2D eigenvalue weighted by molar-refractivity contribution is -0.385. The second-order valence-corrected chi connectivity index (χ2v) is 4.93. The van der Waals surface area contributed by atoms with E-state index >= 15 is 0 Å². The van der Waals surface area contributed by atoms with E-state index in [1.165, 1.54) is 12.1 Å². The zero-order chi connectivity index (χ0) is 15.7. The van der Waals surface area contributed by atoms with Crippen molar-refractivity contribution in [3.05, 3.63) is 63.2 Å². The SMILES string of the molecule is O=C(Nc1n[nH]c2ccccc12)c1ccc(Cl)cc1[N+](=O)[O-]. The number of para-hydroxylation sites is 1. The van der Waals surface area contributed by atoms with Crippen LogP contribution < -0.4 is 5.32 Å². The zero-order valence-corrected chi connectivity index (χ0v) is 11.8. The summed E-state index contributed by atoms with van der Waals surface area (Å²) >= 11 is 5.73. The average Bonchev–Trinajstić information content (AvgIpc) is 2.90. The summed E-state index contributed by atoms with van der Waals surface area (Å²) in [6.45, 7) is 0. The number of aromatic amines is 1. The van der Waals surface area contributed by atoms with Gasteiger partial charge in [-0.2, -0.15) is 5.10 Å². The number of nitrogens with one attached hydrogen (secondary N) is 2. The summed E-state index contributed by atoms with van der Waals surface area (Å²) < 4.78 is 0. The number of hydrogen-bond acceptors (Lipinski definition) is 4. The third kappa shape index (κ3) is 2.49. The predicted molar refractivity (Wildman–Crippen MR) is 82.2 cm³/mol. The van der Waals surface area contributed by atoms with Crippen molar-refractivity contribution < 1.29 is 9.72 Å². The highest BCUT2D eigenvalue weighted by molar-refractivity contribution is 6.31. The smallest absolute Gasteiger partial charge is 0.283 e. The molecule has 0 atom stereocenters. The quantitative estimate of drug-likeness (QED) is 0.571. The van der Waals surface area contributed by atoms with Crippen molar-refractivity contribution in [1.82, 2.24) is 10.2 Å². The molecule has 22 heavy (non-hydrogen) atoms. The lowest BCUT2D eigenvalue weighted by atomic mass is 10.1. The van der Waals surface area contributed by atoms with Crippen molar-refractivity contribution in [3.8, 4) is 0 Å². The van der Waals surface area contributed by atoms with Crippen LogP contribution in [0.3, 0.4) is 0 Å². The van der Waals surface area contributed by atoms with Crippen molar-refractivity contribution in [1.29, 1.82) is 0 Å². The van der Waals surface area contributed by atoms with E-state index in [0.717, 1.165) is 11.6 Å². The van der Waals surface area contributed by atoms with E-state index in [9.17, 15) is 14.9 Å². The van der Waals surface area contributed by atoms with E-state index in [1.54, 1.807) is 12.1 Å². The Morgan fingerprint density at radius 1 is 1.27 bits per heavy atom. The maximum absolute atomic E-state index is 12.3. The number of nitro benzene ring substituents is 1. The minimum Gasteiger partial charge on any atom is -0.304 e. The fourth-order valence-corrected chi connectivity index (χ4v) is 2.25. The molecule has 0 unspecified atom stereocenters. The molecule has 3 rings (SSSR count). The third-order valence-electron chi connectivity index (χ3n) is 3.10. The Hall–Kier alpha value is -2.93. The molecule has 0 fully saturated rings.